The van der Waals surface area contributed by atoms with Gasteiger partial charge in [-0.25, -0.2) is 9.07 Å². The third-order valence-electron chi connectivity index (χ3n) is 3.63. The molecular weight excluding hydrogens is 369 g/mol. The highest BCUT2D eigenvalue weighted by Crippen LogP contribution is 2.05. The molecule has 2 N–H and O–H groups in total. The predicted octanol–water partition coefficient (Wildman–Crippen LogP) is 0.976. The molecule has 0 unspecified atom stereocenters. The van der Waals surface area contributed by atoms with Crippen LogP contribution in [0.2, 0.25) is 0 Å². The second-order valence-electron chi connectivity index (χ2n) is 5.66. The van der Waals surface area contributed by atoms with Crippen LogP contribution in [-0.2, 0) is 16.0 Å². The highest BCUT2D eigenvalue weighted by Gasteiger charge is 2.15. The molecule has 0 aliphatic carbocycles. The SMILES string of the molecule is CCOC(Cn1cc(C(=O)NCCNC(=O)c2ccccc2F)nn1)OCC. The molecule has 152 valence electrons. The summed E-state index contributed by atoms with van der Waals surface area (Å²) in [6, 6.07) is 5.68. The van der Waals surface area contributed by atoms with Gasteiger partial charge in [-0.1, -0.05) is 17.3 Å². The molecule has 1 heterocycles. The maximum absolute atomic E-state index is 13.5. The van der Waals surface area contributed by atoms with E-state index in [-0.39, 0.29) is 24.3 Å². The van der Waals surface area contributed by atoms with Gasteiger partial charge in [0.2, 0.25) is 0 Å². The van der Waals surface area contributed by atoms with Crippen LogP contribution in [0.25, 0.3) is 0 Å². The molecule has 0 aliphatic rings. The number of carbonyl (C=O) groups excluding carboxylic acids is 2. The van der Waals surface area contributed by atoms with E-state index in [9.17, 15) is 14.0 Å². The van der Waals surface area contributed by atoms with Crippen LogP contribution in [0.4, 0.5) is 4.39 Å². The topological polar surface area (TPSA) is 107 Å². The molecular formula is C18H24FN5O4. The quantitative estimate of drug-likeness (QED) is 0.435. The number of nitrogens with one attached hydrogen (secondary N) is 2. The van der Waals surface area contributed by atoms with Crippen molar-refractivity contribution < 1.29 is 23.5 Å². The zero-order valence-electron chi connectivity index (χ0n) is 15.9. The van der Waals surface area contributed by atoms with E-state index >= 15 is 0 Å². The Labute approximate surface area is 162 Å². The summed E-state index contributed by atoms with van der Waals surface area (Å²) < 4.78 is 25.8. The molecule has 0 aliphatic heterocycles. The summed E-state index contributed by atoms with van der Waals surface area (Å²) >= 11 is 0. The number of aromatic nitrogens is 3. The average molecular weight is 393 g/mol. The molecule has 2 amide bonds. The number of hydrogen-bond donors (Lipinski definition) is 2. The summed E-state index contributed by atoms with van der Waals surface area (Å²) in [5.74, 6) is -1.58. The van der Waals surface area contributed by atoms with E-state index in [1.54, 1.807) is 6.07 Å². The minimum absolute atomic E-state index is 0.0464. The fourth-order valence-corrected chi connectivity index (χ4v) is 2.35. The van der Waals surface area contributed by atoms with Crippen molar-refractivity contribution in [3.8, 4) is 0 Å². The Morgan fingerprint density at radius 3 is 2.39 bits per heavy atom. The molecule has 0 atom stereocenters. The maximum atomic E-state index is 13.5. The third-order valence-corrected chi connectivity index (χ3v) is 3.63. The second kappa shape index (κ2) is 11.1. The molecule has 0 bridgehead atoms. The van der Waals surface area contributed by atoms with E-state index in [1.807, 2.05) is 13.8 Å². The van der Waals surface area contributed by atoms with Gasteiger partial charge in [0, 0.05) is 26.3 Å². The molecule has 1 aromatic heterocycles. The van der Waals surface area contributed by atoms with Crippen LogP contribution in [0.15, 0.2) is 30.5 Å². The fraction of sp³-hybridized carbons (Fsp3) is 0.444. The van der Waals surface area contributed by atoms with Gasteiger partial charge in [0.25, 0.3) is 11.8 Å². The van der Waals surface area contributed by atoms with Crippen LogP contribution in [0.3, 0.4) is 0 Å². The third kappa shape index (κ3) is 6.39. The first-order valence-electron chi connectivity index (χ1n) is 8.99. The van der Waals surface area contributed by atoms with Gasteiger partial charge in [-0.2, -0.15) is 0 Å². The van der Waals surface area contributed by atoms with Crippen LogP contribution in [0.5, 0.6) is 0 Å². The Morgan fingerprint density at radius 2 is 1.75 bits per heavy atom. The van der Waals surface area contributed by atoms with Crippen molar-refractivity contribution in [1.29, 1.82) is 0 Å². The van der Waals surface area contributed by atoms with Crippen molar-refractivity contribution in [3.63, 3.8) is 0 Å². The average Bonchev–Trinajstić information content (AvgIpc) is 3.14. The number of hydrogen-bond acceptors (Lipinski definition) is 6. The number of benzene rings is 1. The largest absolute Gasteiger partial charge is 0.351 e. The lowest BCUT2D eigenvalue weighted by Crippen LogP contribution is -2.35. The molecule has 9 nitrogen and oxygen atoms in total. The molecule has 0 spiro atoms. The first-order chi connectivity index (χ1) is 13.5. The molecule has 0 fully saturated rings. The fourth-order valence-electron chi connectivity index (χ4n) is 2.35. The molecule has 0 radical (unpaired) electrons. The number of amides is 2. The van der Waals surface area contributed by atoms with Gasteiger partial charge in [-0.05, 0) is 26.0 Å². The maximum Gasteiger partial charge on any atom is 0.273 e. The first-order valence-corrected chi connectivity index (χ1v) is 8.99. The van der Waals surface area contributed by atoms with Crippen LogP contribution in [0, 0.1) is 5.82 Å². The Bertz CT molecular complexity index is 777. The van der Waals surface area contributed by atoms with E-state index in [0.29, 0.717) is 19.8 Å². The highest BCUT2D eigenvalue weighted by atomic mass is 19.1. The van der Waals surface area contributed by atoms with E-state index in [0.717, 1.165) is 0 Å². The van der Waals surface area contributed by atoms with Gasteiger partial charge in [-0.15, -0.1) is 5.10 Å². The summed E-state index contributed by atoms with van der Waals surface area (Å²) in [7, 11) is 0. The normalized spacial score (nSPS) is 10.9. The molecule has 0 saturated heterocycles. The van der Waals surface area contributed by atoms with Crippen molar-refractivity contribution >= 4 is 11.8 Å². The van der Waals surface area contributed by atoms with Crippen LogP contribution < -0.4 is 10.6 Å². The number of rotatable bonds is 11. The van der Waals surface area contributed by atoms with Gasteiger partial charge in [-0.3, -0.25) is 9.59 Å². The van der Waals surface area contributed by atoms with Crippen molar-refractivity contribution in [2.24, 2.45) is 0 Å². The minimum Gasteiger partial charge on any atom is -0.351 e. The van der Waals surface area contributed by atoms with Gasteiger partial charge in [0.15, 0.2) is 12.0 Å². The second-order valence-corrected chi connectivity index (χ2v) is 5.66. The highest BCUT2D eigenvalue weighted by molar-refractivity contribution is 5.94. The first kappa shape index (κ1) is 21.5. The minimum atomic E-state index is -0.599. The summed E-state index contributed by atoms with van der Waals surface area (Å²) in [4.78, 5) is 24.0. The Morgan fingerprint density at radius 1 is 1.11 bits per heavy atom. The number of ether oxygens (including phenoxy) is 2. The van der Waals surface area contributed by atoms with E-state index in [2.05, 4.69) is 20.9 Å². The smallest absolute Gasteiger partial charge is 0.273 e. The summed E-state index contributed by atoms with van der Waals surface area (Å²) in [5, 5.41) is 12.8. The van der Waals surface area contributed by atoms with Crippen molar-refractivity contribution in [3.05, 3.63) is 47.5 Å². The van der Waals surface area contributed by atoms with Crippen LogP contribution in [-0.4, -0.2) is 59.4 Å². The summed E-state index contributed by atoms with van der Waals surface area (Å²) in [5.41, 5.74) is 0.0853. The van der Waals surface area contributed by atoms with Crippen LogP contribution in [0.1, 0.15) is 34.7 Å². The lowest BCUT2D eigenvalue weighted by Gasteiger charge is -2.16. The Balaban J connectivity index is 1.77. The Kier molecular flexibility index (Phi) is 8.50. The zero-order chi connectivity index (χ0) is 20.4. The van der Waals surface area contributed by atoms with Crippen molar-refractivity contribution in [1.82, 2.24) is 25.6 Å². The molecule has 0 saturated carbocycles. The summed E-state index contributed by atoms with van der Waals surface area (Å²) in [6.07, 6.45) is 1.01. The van der Waals surface area contributed by atoms with Gasteiger partial charge in [0.05, 0.1) is 18.3 Å². The van der Waals surface area contributed by atoms with Gasteiger partial charge in [0.1, 0.15) is 5.82 Å². The van der Waals surface area contributed by atoms with E-state index < -0.39 is 23.9 Å². The van der Waals surface area contributed by atoms with Crippen molar-refractivity contribution in [2.75, 3.05) is 26.3 Å². The zero-order valence-corrected chi connectivity index (χ0v) is 15.9. The number of nitrogens with zero attached hydrogens (tertiary/aromatic N) is 3. The van der Waals surface area contributed by atoms with Crippen LogP contribution >= 0.6 is 0 Å². The lowest BCUT2D eigenvalue weighted by molar-refractivity contribution is -0.145. The summed E-state index contributed by atoms with van der Waals surface area (Å²) in [6.45, 7) is 5.31. The van der Waals surface area contributed by atoms with Gasteiger partial charge >= 0.3 is 0 Å². The van der Waals surface area contributed by atoms with Gasteiger partial charge < -0.3 is 20.1 Å². The van der Waals surface area contributed by atoms with E-state index in [1.165, 1.54) is 29.1 Å². The number of halogens is 1. The lowest BCUT2D eigenvalue weighted by atomic mass is 10.2. The number of carbonyl (C=O) groups is 2. The molecule has 10 heteroatoms. The molecule has 2 rings (SSSR count). The molecule has 28 heavy (non-hydrogen) atoms. The monoisotopic (exact) mass is 393 g/mol. The molecule has 1 aromatic carbocycles. The van der Waals surface area contributed by atoms with E-state index in [4.69, 9.17) is 9.47 Å². The Hall–Kier alpha value is -2.85. The van der Waals surface area contributed by atoms with Crippen molar-refractivity contribution in [2.45, 2.75) is 26.7 Å². The predicted molar refractivity (Wildman–Crippen MR) is 98.1 cm³/mol. The molecule has 2 aromatic rings. The standard InChI is InChI=1S/C18H24FN5O4/c1-3-27-16(28-4-2)12-24-11-15(22-23-24)18(26)21-10-9-20-17(25)13-7-5-6-8-14(13)19/h5-8,11,16H,3-4,9-10,12H2,1-2H3,(H,20,25)(H,21,26).